The minimum Gasteiger partial charge on any atom is -0.310 e. The number of carbonyl (C=O) groups is 1. The highest BCUT2D eigenvalue weighted by molar-refractivity contribution is 5.98. The fourth-order valence-corrected chi connectivity index (χ4v) is 2.28. The summed E-state index contributed by atoms with van der Waals surface area (Å²) in [6, 6.07) is 1.94. The van der Waals surface area contributed by atoms with E-state index in [0.29, 0.717) is 36.9 Å². The van der Waals surface area contributed by atoms with Gasteiger partial charge in [0.05, 0.1) is 0 Å². The minimum absolute atomic E-state index is 0.0169. The van der Waals surface area contributed by atoms with E-state index < -0.39 is 0 Å². The van der Waals surface area contributed by atoms with Crippen LogP contribution in [0.15, 0.2) is 23.1 Å². The number of allylic oxidation sites excluding steroid dienone is 1. The van der Waals surface area contributed by atoms with Gasteiger partial charge < -0.3 is 4.57 Å². The number of pyridine rings is 1. The highest BCUT2D eigenvalue weighted by atomic mass is 16.1. The second-order valence-corrected chi connectivity index (χ2v) is 4.68. The highest BCUT2D eigenvalue weighted by Gasteiger charge is 2.23. The third-order valence-corrected chi connectivity index (χ3v) is 3.07. The SMILES string of the molecule is C=C(C)Cn1cc2c(c(C#N)c1=O)CCCC2=O. The van der Waals surface area contributed by atoms with Gasteiger partial charge in [0.1, 0.15) is 11.6 Å². The maximum absolute atomic E-state index is 12.1. The first-order valence-electron chi connectivity index (χ1n) is 5.88. The average Bonchev–Trinajstić information content (AvgIpc) is 2.31. The number of nitrogens with zero attached hydrogens (tertiary/aromatic N) is 2. The molecule has 0 N–H and O–H groups in total. The van der Waals surface area contributed by atoms with E-state index in [1.54, 1.807) is 13.1 Å². The summed E-state index contributed by atoms with van der Waals surface area (Å²) in [7, 11) is 0. The van der Waals surface area contributed by atoms with Gasteiger partial charge in [0.15, 0.2) is 5.78 Å². The Kier molecular flexibility index (Phi) is 3.15. The lowest BCUT2D eigenvalue weighted by molar-refractivity contribution is 0.0971. The molecule has 4 nitrogen and oxygen atoms in total. The number of fused-ring (bicyclic) bond motifs is 1. The van der Waals surface area contributed by atoms with Crippen molar-refractivity contribution < 1.29 is 4.79 Å². The molecule has 1 aromatic rings. The molecule has 0 atom stereocenters. The van der Waals surface area contributed by atoms with E-state index in [0.717, 1.165) is 5.57 Å². The van der Waals surface area contributed by atoms with Crippen molar-refractivity contribution >= 4 is 5.78 Å². The fourth-order valence-electron chi connectivity index (χ4n) is 2.28. The summed E-state index contributed by atoms with van der Waals surface area (Å²) in [5.41, 5.74) is 1.75. The fraction of sp³-hybridized carbons (Fsp3) is 0.357. The zero-order chi connectivity index (χ0) is 13.3. The van der Waals surface area contributed by atoms with Crippen molar-refractivity contribution in [2.75, 3.05) is 0 Å². The summed E-state index contributed by atoms with van der Waals surface area (Å²) in [5.74, 6) is 0.0169. The van der Waals surface area contributed by atoms with Gasteiger partial charge in [-0.25, -0.2) is 0 Å². The molecule has 0 unspecified atom stereocenters. The van der Waals surface area contributed by atoms with Crippen LogP contribution in [0.5, 0.6) is 0 Å². The first-order chi connectivity index (χ1) is 8.54. The second kappa shape index (κ2) is 4.61. The number of hydrogen-bond donors (Lipinski definition) is 0. The molecule has 0 spiro atoms. The van der Waals surface area contributed by atoms with Gasteiger partial charge >= 0.3 is 0 Å². The number of nitriles is 1. The monoisotopic (exact) mass is 242 g/mol. The lowest BCUT2D eigenvalue weighted by Crippen LogP contribution is -2.28. The normalized spacial score (nSPS) is 13.9. The van der Waals surface area contributed by atoms with E-state index in [1.807, 2.05) is 6.07 Å². The Morgan fingerprint density at radius 3 is 2.83 bits per heavy atom. The van der Waals surface area contributed by atoms with Crippen molar-refractivity contribution in [3.8, 4) is 6.07 Å². The van der Waals surface area contributed by atoms with Crippen LogP contribution in [0.4, 0.5) is 0 Å². The molecule has 0 radical (unpaired) electrons. The number of Topliss-reactive ketones (excluding diaryl/α,β-unsaturated/α-hetero) is 1. The van der Waals surface area contributed by atoms with Gasteiger partial charge in [-0.15, -0.1) is 0 Å². The van der Waals surface area contributed by atoms with Gasteiger partial charge in [-0.3, -0.25) is 9.59 Å². The van der Waals surface area contributed by atoms with Gasteiger partial charge in [0, 0.05) is 24.7 Å². The Morgan fingerprint density at radius 2 is 2.22 bits per heavy atom. The molecule has 1 aliphatic rings. The predicted octanol–water partition coefficient (Wildman–Crippen LogP) is 1.82. The predicted molar refractivity (Wildman–Crippen MR) is 67.5 cm³/mol. The third kappa shape index (κ3) is 2.00. The molecule has 18 heavy (non-hydrogen) atoms. The lowest BCUT2D eigenvalue weighted by atomic mass is 9.89. The number of ketones is 1. The molecule has 0 fully saturated rings. The van der Waals surface area contributed by atoms with Crippen molar-refractivity contribution in [1.82, 2.24) is 4.57 Å². The molecule has 0 saturated heterocycles. The van der Waals surface area contributed by atoms with E-state index in [4.69, 9.17) is 5.26 Å². The van der Waals surface area contributed by atoms with Gasteiger partial charge in [0.2, 0.25) is 0 Å². The quantitative estimate of drug-likeness (QED) is 0.743. The summed E-state index contributed by atoms with van der Waals surface area (Å²) < 4.78 is 1.41. The maximum atomic E-state index is 12.1. The Balaban J connectivity index is 2.70. The third-order valence-electron chi connectivity index (χ3n) is 3.07. The van der Waals surface area contributed by atoms with Gasteiger partial charge in [-0.05, 0) is 25.3 Å². The van der Waals surface area contributed by atoms with E-state index >= 15 is 0 Å². The Bertz CT molecular complexity index is 632. The summed E-state index contributed by atoms with van der Waals surface area (Å²) in [6.45, 7) is 5.90. The molecule has 0 amide bonds. The molecule has 92 valence electrons. The van der Waals surface area contributed by atoms with Gasteiger partial charge in [0.25, 0.3) is 5.56 Å². The molecular weight excluding hydrogens is 228 g/mol. The maximum Gasteiger partial charge on any atom is 0.269 e. The van der Waals surface area contributed by atoms with Crippen molar-refractivity contribution in [1.29, 1.82) is 5.26 Å². The van der Waals surface area contributed by atoms with Gasteiger partial charge in [-0.1, -0.05) is 12.2 Å². The summed E-state index contributed by atoms with van der Waals surface area (Å²) in [4.78, 5) is 24.0. The van der Waals surface area contributed by atoms with E-state index in [9.17, 15) is 9.59 Å². The zero-order valence-electron chi connectivity index (χ0n) is 10.3. The standard InChI is InChI=1S/C14H14N2O2/c1-9(2)7-16-8-12-10(4-3-5-13(12)17)11(6-15)14(16)18/h8H,1,3-5,7H2,2H3. The molecule has 4 heteroatoms. The smallest absolute Gasteiger partial charge is 0.269 e. The summed E-state index contributed by atoms with van der Waals surface area (Å²) in [6.07, 6.45) is 3.41. The zero-order valence-corrected chi connectivity index (χ0v) is 10.3. The molecular formula is C14H14N2O2. The molecule has 0 saturated carbocycles. The Labute approximate surface area is 105 Å². The average molecular weight is 242 g/mol. The van der Waals surface area contributed by atoms with Gasteiger partial charge in [-0.2, -0.15) is 5.26 Å². The van der Waals surface area contributed by atoms with Crippen LogP contribution in [0.3, 0.4) is 0 Å². The van der Waals surface area contributed by atoms with Crippen LogP contribution in [-0.4, -0.2) is 10.4 Å². The first-order valence-corrected chi connectivity index (χ1v) is 5.88. The second-order valence-electron chi connectivity index (χ2n) is 4.68. The molecule has 0 bridgehead atoms. The van der Waals surface area contributed by atoms with Crippen LogP contribution < -0.4 is 5.56 Å². The van der Waals surface area contributed by atoms with Crippen LogP contribution in [0.1, 0.15) is 41.3 Å². The molecule has 2 rings (SSSR count). The van der Waals surface area contributed by atoms with Crippen LogP contribution in [-0.2, 0) is 13.0 Å². The Morgan fingerprint density at radius 1 is 1.50 bits per heavy atom. The van der Waals surface area contributed by atoms with Crippen LogP contribution in [0.25, 0.3) is 0 Å². The summed E-state index contributed by atoms with van der Waals surface area (Å²) >= 11 is 0. The molecule has 1 aromatic heterocycles. The molecule has 1 aliphatic carbocycles. The first kappa shape index (κ1) is 12.3. The van der Waals surface area contributed by atoms with E-state index in [2.05, 4.69) is 6.58 Å². The highest BCUT2D eigenvalue weighted by Crippen LogP contribution is 2.22. The molecule has 0 aromatic carbocycles. The van der Waals surface area contributed by atoms with Crippen molar-refractivity contribution in [2.45, 2.75) is 32.7 Å². The van der Waals surface area contributed by atoms with Crippen LogP contribution in [0, 0.1) is 11.3 Å². The van der Waals surface area contributed by atoms with Crippen LogP contribution >= 0.6 is 0 Å². The van der Waals surface area contributed by atoms with E-state index in [1.165, 1.54) is 4.57 Å². The van der Waals surface area contributed by atoms with Crippen molar-refractivity contribution in [3.63, 3.8) is 0 Å². The largest absolute Gasteiger partial charge is 0.310 e. The molecule has 0 aliphatic heterocycles. The number of aromatic nitrogens is 1. The summed E-state index contributed by atoms with van der Waals surface area (Å²) in [5, 5.41) is 9.12. The van der Waals surface area contributed by atoms with E-state index in [-0.39, 0.29) is 16.9 Å². The van der Waals surface area contributed by atoms with Crippen molar-refractivity contribution in [3.05, 3.63) is 45.4 Å². The lowest BCUT2D eigenvalue weighted by Gasteiger charge is -2.18. The van der Waals surface area contributed by atoms with Crippen LogP contribution in [0.2, 0.25) is 0 Å². The number of rotatable bonds is 2. The number of carbonyl (C=O) groups excluding carboxylic acids is 1. The Hall–Kier alpha value is -2.15. The number of hydrogen-bond acceptors (Lipinski definition) is 3. The minimum atomic E-state index is -0.325. The van der Waals surface area contributed by atoms with Crippen molar-refractivity contribution in [2.24, 2.45) is 0 Å². The topological polar surface area (TPSA) is 62.9 Å². The molecule has 1 heterocycles.